The molecule has 0 amide bonds. The minimum atomic E-state index is -1.32. The molecule has 1 aliphatic heterocycles. The molecule has 0 saturated carbocycles. The van der Waals surface area contributed by atoms with Crippen LogP contribution in [0.1, 0.15) is 20.3 Å². The van der Waals surface area contributed by atoms with Gasteiger partial charge in [0.15, 0.2) is 11.5 Å². The summed E-state index contributed by atoms with van der Waals surface area (Å²) in [7, 11) is 0.0148. The monoisotopic (exact) mass is 312 g/mol. The number of esters is 1. The summed E-state index contributed by atoms with van der Waals surface area (Å²) in [6, 6.07) is 5.25. The van der Waals surface area contributed by atoms with Crippen molar-refractivity contribution in [3.05, 3.63) is 18.2 Å². The summed E-state index contributed by atoms with van der Waals surface area (Å²) >= 11 is 0. The van der Waals surface area contributed by atoms with Crippen LogP contribution < -0.4 is 9.47 Å². The maximum atomic E-state index is 12.6. The second kappa shape index (κ2) is 6.93. The van der Waals surface area contributed by atoms with E-state index >= 15 is 0 Å². The van der Waals surface area contributed by atoms with Gasteiger partial charge in [-0.2, -0.15) is 0 Å². The lowest BCUT2D eigenvalue weighted by atomic mass is 10.1. The van der Waals surface area contributed by atoms with E-state index in [0.717, 1.165) is 6.42 Å². The SMILES string of the molecule is COC(=O)C(C)C(C)S(=O)c1ccc2c(c1)OCCCO2. The fourth-order valence-corrected chi connectivity index (χ4v) is 3.38. The summed E-state index contributed by atoms with van der Waals surface area (Å²) in [4.78, 5) is 12.2. The molecule has 0 radical (unpaired) electrons. The van der Waals surface area contributed by atoms with Crippen LogP contribution in [0.2, 0.25) is 0 Å². The first-order valence-electron chi connectivity index (χ1n) is 6.92. The van der Waals surface area contributed by atoms with Gasteiger partial charge in [0.2, 0.25) is 0 Å². The Morgan fingerprint density at radius 3 is 2.57 bits per heavy atom. The number of carbonyl (C=O) groups excluding carboxylic acids is 1. The van der Waals surface area contributed by atoms with E-state index in [1.165, 1.54) is 7.11 Å². The number of rotatable bonds is 4. The number of benzene rings is 1. The van der Waals surface area contributed by atoms with Crippen LogP contribution in [-0.4, -0.2) is 35.8 Å². The van der Waals surface area contributed by atoms with Crippen molar-refractivity contribution >= 4 is 16.8 Å². The second-order valence-corrected chi connectivity index (χ2v) is 6.78. The van der Waals surface area contributed by atoms with Gasteiger partial charge in [-0.25, -0.2) is 0 Å². The topological polar surface area (TPSA) is 61.8 Å². The van der Waals surface area contributed by atoms with Crippen molar-refractivity contribution in [2.24, 2.45) is 5.92 Å². The molecule has 0 bridgehead atoms. The Bertz CT molecular complexity index is 543. The van der Waals surface area contributed by atoms with Crippen molar-refractivity contribution in [1.29, 1.82) is 0 Å². The molecule has 3 unspecified atom stereocenters. The number of carbonyl (C=O) groups is 1. The van der Waals surface area contributed by atoms with Crippen LogP contribution in [0.4, 0.5) is 0 Å². The summed E-state index contributed by atoms with van der Waals surface area (Å²) in [6.07, 6.45) is 0.822. The van der Waals surface area contributed by atoms with Crippen molar-refractivity contribution in [3.63, 3.8) is 0 Å². The van der Waals surface area contributed by atoms with Crippen molar-refractivity contribution in [2.75, 3.05) is 20.3 Å². The number of ether oxygens (including phenoxy) is 3. The van der Waals surface area contributed by atoms with Crippen LogP contribution in [0.25, 0.3) is 0 Å². The fraction of sp³-hybridized carbons (Fsp3) is 0.533. The minimum absolute atomic E-state index is 0.345. The van der Waals surface area contributed by atoms with Gasteiger partial charge in [0.1, 0.15) is 0 Å². The predicted molar refractivity (Wildman–Crippen MR) is 79.1 cm³/mol. The summed E-state index contributed by atoms with van der Waals surface area (Å²) in [5.41, 5.74) is 0. The van der Waals surface area contributed by atoms with Crippen molar-refractivity contribution < 1.29 is 23.2 Å². The van der Waals surface area contributed by atoms with Crippen LogP contribution in [0.5, 0.6) is 11.5 Å². The Labute approximate surface area is 127 Å². The largest absolute Gasteiger partial charge is 0.490 e. The molecule has 0 aromatic heterocycles. The first kappa shape index (κ1) is 15.8. The van der Waals surface area contributed by atoms with E-state index in [2.05, 4.69) is 0 Å². The molecule has 0 fully saturated rings. The zero-order chi connectivity index (χ0) is 15.4. The maximum Gasteiger partial charge on any atom is 0.309 e. The minimum Gasteiger partial charge on any atom is -0.490 e. The quantitative estimate of drug-likeness (QED) is 0.797. The Hall–Kier alpha value is -1.56. The Morgan fingerprint density at radius 1 is 1.24 bits per heavy atom. The summed E-state index contributed by atoms with van der Waals surface area (Å²) in [5.74, 6) is 0.482. The van der Waals surface area contributed by atoms with Crippen molar-refractivity contribution in [2.45, 2.75) is 30.4 Å². The third kappa shape index (κ3) is 3.56. The van der Waals surface area contributed by atoms with Crippen LogP contribution in [0.15, 0.2) is 23.1 Å². The zero-order valence-electron chi connectivity index (χ0n) is 12.5. The molecule has 5 nitrogen and oxygen atoms in total. The van der Waals surface area contributed by atoms with E-state index in [9.17, 15) is 9.00 Å². The van der Waals surface area contributed by atoms with Gasteiger partial charge in [-0.15, -0.1) is 0 Å². The molecule has 0 saturated heterocycles. The first-order valence-corrected chi connectivity index (χ1v) is 8.14. The van der Waals surface area contributed by atoms with Gasteiger partial charge in [0, 0.05) is 22.6 Å². The van der Waals surface area contributed by atoms with Gasteiger partial charge >= 0.3 is 5.97 Å². The molecule has 1 heterocycles. The summed E-state index contributed by atoms with van der Waals surface area (Å²) in [6.45, 7) is 4.70. The molecule has 21 heavy (non-hydrogen) atoms. The number of fused-ring (bicyclic) bond motifs is 1. The van der Waals surface area contributed by atoms with Gasteiger partial charge in [-0.3, -0.25) is 9.00 Å². The number of methoxy groups -OCH3 is 1. The predicted octanol–water partition coefficient (Wildman–Crippen LogP) is 2.15. The van der Waals surface area contributed by atoms with E-state index in [1.807, 2.05) is 0 Å². The van der Waals surface area contributed by atoms with Gasteiger partial charge in [-0.1, -0.05) is 6.92 Å². The molecule has 2 rings (SSSR count). The molecule has 0 aliphatic carbocycles. The molecule has 1 aliphatic rings. The molecule has 6 heteroatoms. The normalized spacial score (nSPS) is 18.2. The van der Waals surface area contributed by atoms with E-state index in [4.69, 9.17) is 14.2 Å². The van der Waals surface area contributed by atoms with Gasteiger partial charge in [0.05, 0.1) is 37.0 Å². The average Bonchev–Trinajstić information content (AvgIpc) is 2.76. The van der Waals surface area contributed by atoms with Gasteiger partial charge in [0.25, 0.3) is 0 Å². The molecule has 116 valence electrons. The van der Waals surface area contributed by atoms with Crippen molar-refractivity contribution in [3.8, 4) is 11.5 Å². The highest BCUT2D eigenvalue weighted by atomic mass is 32.2. The smallest absolute Gasteiger partial charge is 0.309 e. The summed E-state index contributed by atoms with van der Waals surface area (Å²) < 4.78 is 28.4. The lowest BCUT2D eigenvalue weighted by Gasteiger charge is -2.18. The lowest BCUT2D eigenvalue weighted by molar-refractivity contribution is -0.144. The van der Waals surface area contributed by atoms with E-state index in [1.54, 1.807) is 32.0 Å². The Morgan fingerprint density at radius 2 is 1.90 bits per heavy atom. The van der Waals surface area contributed by atoms with Crippen LogP contribution in [-0.2, 0) is 20.3 Å². The number of hydrogen-bond donors (Lipinski definition) is 0. The molecule has 0 spiro atoms. The zero-order valence-corrected chi connectivity index (χ0v) is 13.3. The van der Waals surface area contributed by atoms with Crippen LogP contribution >= 0.6 is 0 Å². The fourth-order valence-electron chi connectivity index (χ4n) is 2.05. The van der Waals surface area contributed by atoms with Gasteiger partial charge in [-0.05, 0) is 19.1 Å². The maximum absolute atomic E-state index is 12.6. The van der Waals surface area contributed by atoms with Crippen LogP contribution in [0.3, 0.4) is 0 Å². The average molecular weight is 312 g/mol. The standard InChI is InChI=1S/C15H20O5S/c1-10(15(16)18-3)11(2)21(17)12-5-6-13-14(9-12)20-8-4-7-19-13/h5-6,9-11H,4,7-8H2,1-3H3. The lowest BCUT2D eigenvalue weighted by Crippen LogP contribution is -2.28. The highest BCUT2D eigenvalue weighted by Crippen LogP contribution is 2.32. The van der Waals surface area contributed by atoms with E-state index < -0.39 is 16.7 Å². The van der Waals surface area contributed by atoms with Crippen LogP contribution in [0, 0.1) is 5.92 Å². The Kier molecular flexibility index (Phi) is 5.22. The molecule has 0 N–H and O–H groups in total. The summed E-state index contributed by atoms with van der Waals surface area (Å²) in [5, 5.41) is -0.345. The molecular weight excluding hydrogens is 292 g/mol. The van der Waals surface area contributed by atoms with E-state index in [0.29, 0.717) is 29.6 Å². The third-order valence-corrected chi connectivity index (χ3v) is 5.37. The van der Waals surface area contributed by atoms with Crippen molar-refractivity contribution in [1.82, 2.24) is 0 Å². The molecule has 1 aromatic rings. The number of hydrogen-bond acceptors (Lipinski definition) is 5. The highest BCUT2D eigenvalue weighted by molar-refractivity contribution is 7.85. The van der Waals surface area contributed by atoms with E-state index in [-0.39, 0.29) is 11.2 Å². The molecule has 3 atom stereocenters. The van der Waals surface area contributed by atoms with Gasteiger partial charge < -0.3 is 14.2 Å². The Balaban J connectivity index is 2.19. The molecule has 1 aromatic carbocycles. The second-order valence-electron chi connectivity index (χ2n) is 4.97. The third-order valence-electron chi connectivity index (χ3n) is 3.57. The molecular formula is C15H20O5S. The highest BCUT2D eigenvalue weighted by Gasteiger charge is 2.27. The first-order chi connectivity index (χ1) is 10.0.